The summed E-state index contributed by atoms with van der Waals surface area (Å²) in [7, 11) is 1.32. The van der Waals surface area contributed by atoms with Gasteiger partial charge in [0.1, 0.15) is 11.2 Å². The summed E-state index contributed by atoms with van der Waals surface area (Å²) in [5.41, 5.74) is 0.716. The number of ether oxygens (including phenoxy) is 2. The summed E-state index contributed by atoms with van der Waals surface area (Å²) in [4.78, 5) is 28.0. The standard InChI is InChI=1S/C20H30IN3O5S/c1-19(2,3)28-17(25)23-16(24-18(26)29-20(4,5)6)22-13-15-9-7-14(8-10-15)11-12-27-30-21/h7-10H,11-13H2,1-6H3,(H2,22,23,24,25,26). The van der Waals surface area contributed by atoms with Crippen molar-refractivity contribution >= 4 is 48.6 Å². The molecule has 1 rings (SSSR count). The van der Waals surface area contributed by atoms with Crippen LogP contribution in [-0.4, -0.2) is 36.0 Å². The van der Waals surface area contributed by atoms with Crippen LogP contribution in [0.4, 0.5) is 9.59 Å². The van der Waals surface area contributed by atoms with E-state index in [0.717, 1.165) is 17.5 Å². The smallest absolute Gasteiger partial charge is 0.437 e. The third-order valence-electron chi connectivity index (χ3n) is 3.22. The van der Waals surface area contributed by atoms with Gasteiger partial charge in [0.25, 0.3) is 0 Å². The number of rotatable bonds is 6. The number of guanidine groups is 1. The van der Waals surface area contributed by atoms with E-state index in [9.17, 15) is 9.59 Å². The van der Waals surface area contributed by atoms with Crippen LogP contribution in [0, 0.1) is 0 Å². The van der Waals surface area contributed by atoms with E-state index in [1.807, 2.05) is 24.3 Å². The van der Waals surface area contributed by atoms with Gasteiger partial charge in [-0.1, -0.05) is 24.3 Å². The first-order valence-corrected chi connectivity index (χ1v) is 12.7. The normalized spacial score (nSPS) is 12.3. The molecule has 0 radical (unpaired) electrons. The van der Waals surface area contributed by atoms with E-state index >= 15 is 0 Å². The highest BCUT2D eigenvalue weighted by atomic mass is 127. The topological polar surface area (TPSA) is 98.3 Å². The Morgan fingerprint density at radius 3 is 2.10 bits per heavy atom. The molecule has 168 valence electrons. The number of hydrogen-bond donors (Lipinski definition) is 2. The van der Waals surface area contributed by atoms with Gasteiger partial charge in [0.05, 0.1) is 15.8 Å². The van der Waals surface area contributed by atoms with Gasteiger partial charge < -0.3 is 19.0 Å². The Morgan fingerprint density at radius 1 is 1.00 bits per heavy atom. The number of benzene rings is 1. The van der Waals surface area contributed by atoms with E-state index in [1.54, 1.807) is 41.5 Å². The first-order valence-electron chi connectivity index (χ1n) is 9.41. The summed E-state index contributed by atoms with van der Waals surface area (Å²) in [6.45, 7) is 11.4. The van der Waals surface area contributed by atoms with Crippen LogP contribution in [-0.2, 0) is 26.6 Å². The average molecular weight is 551 g/mol. The molecule has 0 bridgehead atoms. The Bertz CT molecular complexity index is 727. The fourth-order valence-electron chi connectivity index (χ4n) is 2.09. The van der Waals surface area contributed by atoms with E-state index in [-0.39, 0.29) is 5.96 Å². The SMILES string of the molecule is CC(C)(C)OC(=O)N=C(NCc1ccc(CCOSI)cc1)NC(=O)OC(C)(C)C. The van der Waals surface area contributed by atoms with Crippen molar-refractivity contribution in [1.82, 2.24) is 10.6 Å². The van der Waals surface area contributed by atoms with Gasteiger partial charge in [-0.25, -0.2) is 9.59 Å². The number of amides is 2. The maximum atomic E-state index is 12.1. The highest BCUT2D eigenvalue weighted by Crippen LogP contribution is 2.13. The minimum atomic E-state index is -0.815. The lowest BCUT2D eigenvalue weighted by Gasteiger charge is -2.21. The quantitative estimate of drug-likeness (QED) is 0.166. The average Bonchev–Trinajstić information content (AvgIpc) is 2.57. The molecule has 0 aromatic heterocycles. The zero-order valence-corrected chi connectivity index (χ0v) is 21.2. The molecule has 1 aromatic carbocycles. The highest BCUT2D eigenvalue weighted by molar-refractivity contribution is 14.2. The van der Waals surface area contributed by atoms with Crippen molar-refractivity contribution in [2.24, 2.45) is 4.99 Å². The van der Waals surface area contributed by atoms with E-state index < -0.39 is 23.4 Å². The van der Waals surface area contributed by atoms with Crippen LogP contribution in [0.1, 0.15) is 52.7 Å². The molecule has 0 fully saturated rings. The van der Waals surface area contributed by atoms with Gasteiger partial charge in [-0.3, -0.25) is 5.32 Å². The second-order valence-corrected chi connectivity index (χ2v) is 9.81. The number of hydrogen-bond acceptors (Lipinski definition) is 6. The number of halogens is 1. The van der Waals surface area contributed by atoms with Gasteiger partial charge in [0.15, 0.2) is 0 Å². The third kappa shape index (κ3) is 12.9. The molecule has 1 aromatic rings. The molecule has 30 heavy (non-hydrogen) atoms. The maximum absolute atomic E-state index is 12.1. The number of nitrogens with one attached hydrogen (secondary N) is 2. The van der Waals surface area contributed by atoms with Gasteiger partial charge in [-0.15, -0.1) is 4.99 Å². The number of nitrogens with zero attached hydrogens (tertiary/aromatic N) is 1. The largest absolute Gasteiger partial charge is 0.444 e. The molecule has 0 saturated carbocycles. The molecule has 0 unspecified atom stereocenters. The Hall–Kier alpha value is -1.53. The highest BCUT2D eigenvalue weighted by Gasteiger charge is 2.20. The lowest BCUT2D eigenvalue weighted by molar-refractivity contribution is 0.0560. The monoisotopic (exact) mass is 551 g/mol. The van der Waals surface area contributed by atoms with Crippen molar-refractivity contribution in [3.63, 3.8) is 0 Å². The molecular weight excluding hydrogens is 521 g/mol. The first kappa shape index (κ1) is 26.5. The molecule has 0 aliphatic carbocycles. The van der Waals surface area contributed by atoms with E-state index in [2.05, 4.69) is 36.8 Å². The summed E-state index contributed by atoms with van der Waals surface area (Å²) >= 11 is 2.09. The molecule has 10 heteroatoms. The number of carbonyl (C=O) groups excluding carboxylic acids is 2. The molecule has 0 spiro atoms. The van der Waals surface area contributed by atoms with Crippen LogP contribution in [0.15, 0.2) is 29.3 Å². The Morgan fingerprint density at radius 2 is 1.57 bits per heavy atom. The summed E-state index contributed by atoms with van der Waals surface area (Å²) in [6.07, 6.45) is -0.722. The van der Waals surface area contributed by atoms with E-state index in [1.165, 1.54) is 9.21 Å². The van der Waals surface area contributed by atoms with Crippen molar-refractivity contribution < 1.29 is 23.2 Å². The van der Waals surface area contributed by atoms with Crippen LogP contribution >= 0.6 is 30.4 Å². The number of alkyl carbamates (subject to hydrolysis) is 1. The summed E-state index contributed by atoms with van der Waals surface area (Å²) in [6, 6.07) is 7.92. The first-order chi connectivity index (χ1) is 13.9. The molecule has 0 heterocycles. The molecule has 0 aliphatic rings. The zero-order chi connectivity index (χ0) is 22.8. The third-order valence-corrected chi connectivity index (χ3v) is 4.24. The minimum Gasteiger partial charge on any atom is -0.444 e. The van der Waals surface area contributed by atoms with E-state index in [4.69, 9.17) is 13.7 Å². The molecule has 2 N–H and O–H groups in total. The van der Waals surface area contributed by atoms with E-state index in [0.29, 0.717) is 13.2 Å². The fourth-order valence-corrected chi connectivity index (χ4v) is 2.77. The molecular formula is C20H30IN3O5S. The predicted octanol–water partition coefficient (Wildman–Crippen LogP) is 5.15. The van der Waals surface area contributed by atoms with Crippen LogP contribution in [0.5, 0.6) is 0 Å². The van der Waals surface area contributed by atoms with Crippen molar-refractivity contribution in [1.29, 1.82) is 0 Å². The van der Waals surface area contributed by atoms with Crippen LogP contribution in [0.2, 0.25) is 0 Å². The van der Waals surface area contributed by atoms with Crippen molar-refractivity contribution in [2.45, 2.75) is 65.7 Å². The maximum Gasteiger partial charge on any atom is 0.437 e. The fraction of sp³-hybridized carbons (Fsp3) is 0.550. The van der Waals surface area contributed by atoms with Gasteiger partial charge in [-0.2, -0.15) is 0 Å². The lowest BCUT2D eigenvalue weighted by Crippen LogP contribution is -2.44. The second-order valence-electron chi connectivity index (χ2n) is 8.37. The summed E-state index contributed by atoms with van der Waals surface area (Å²) < 4.78 is 15.7. The van der Waals surface area contributed by atoms with Crippen molar-refractivity contribution in [3.05, 3.63) is 35.4 Å². The van der Waals surface area contributed by atoms with Gasteiger partial charge in [-0.05, 0) is 59.1 Å². The van der Waals surface area contributed by atoms with Gasteiger partial charge >= 0.3 is 12.2 Å². The van der Waals surface area contributed by atoms with Crippen molar-refractivity contribution in [3.8, 4) is 0 Å². The Kier molecular flexibility index (Phi) is 10.9. The van der Waals surface area contributed by atoms with Crippen molar-refractivity contribution in [2.75, 3.05) is 6.61 Å². The molecule has 0 aliphatic heterocycles. The predicted molar refractivity (Wildman–Crippen MR) is 128 cm³/mol. The van der Waals surface area contributed by atoms with Gasteiger partial charge in [0, 0.05) is 27.8 Å². The summed E-state index contributed by atoms with van der Waals surface area (Å²) in [5, 5.41) is 5.41. The van der Waals surface area contributed by atoms with Crippen LogP contribution < -0.4 is 10.6 Å². The zero-order valence-electron chi connectivity index (χ0n) is 18.2. The summed E-state index contributed by atoms with van der Waals surface area (Å²) in [5.74, 6) is -0.0463. The van der Waals surface area contributed by atoms with Gasteiger partial charge in [0.2, 0.25) is 5.96 Å². The van der Waals surface area contributed by atoms with Crippen LogP contribution in [0.25, 0.3) is 0 Å². The molecule has 0 saturated heterocycles. The Balaban J connectivity index is 2.79. The molecule has 8 nitrogen and oxygen atoms in total. The molecule has 0 atom stereocenters. The van der Waals surface area contributed by atoms with Crippen LogP contribution in [0.3, 0.4) is 0 Å². The number of aliphatic imine (C=N–C) groups is 1. The second kappa shape index (κ2) is 12.4. The number of carbonyl (C=O) groups is 2. The molecule has 2 amide bonds. The lowest BCUT2D eigenvalue weighted by atomic mass is 10.1. The Labute approximate surface area is 194 Å². The minimum absolute atomic E-state index is 0.0463.